The van der Waals surface area contributed by atoms with E-state index in [1.807, 2.05) is 49.8 Å². The number of carbonyl (C=O) groups excluding carboxylic acids is 1. The number of carbonyl (C=O) groups is 1. The van der Waals surface area contributed by atoms with Crippen LogP contribution in [0.4, 0.5) is 5.69 Å². The van der Waals surface area contributed by atoms with Crippen molar-refractivity contribution in [3.8, 4) is 5.75 Å². The van der Waals surface area contributed by atoms with Crippen LogP contribution < -0.4 is 15.4 Å². The van der Waals surface area contributed by atoms with Crippen molar-refractivity contribution in [3.63, 3.8) is 0 Å². The van der Waals surface area contributed by atoms with Crippen LogP contribution in [0.1, 0.15) is 27.3 Å². The standard InChI is InChI=1S/C22H24ClN5O2/c1-14-17(15(2)28(3)27-14)13-24-22(25-19-11-7-8-12-20(19)30-4)26-21(29)16-9-5-6-10-18(16)23/h5-12H,13H2,1-4H3,(H2,24,25,26,29). The lowest BCUT2D eigenvalue weighted by Gasteiger charge is -2.15. The first-order valence-corrected chi connectivity index (χ1v) is 9.78. The van der Waals surface area contributed by atoms with E-state index in [1.54, 1.807) is 31.4 Å². The van der Waals surface area contributed by atoms with Gasteiger partial charge in [0.15, 0.2) is 0 Å². The van der Waals surface area contributed by atoms with Crippen LogP contribution in [0.3, 0.4) is 0 Å². The van der Waals surface area contributed by atoms with Crippen molar-refractivity contribution >= 4 is 29.2 Å². The molecule has 0 aliphatic rings. The number of guanidine groups is 1. The molecular weight excluding hydrogens is 402 g/mol. The quantitative estimate of drug-likeness (QED) is 0.476. The summed E-state index contributed by atoms with van der Waals surface area (Å²) in [5, 5.41) is 10.8. The number of benzene rings is 2. The van der Waals surface area contributed by atoms with Crippen LogP contribution in [0.25, 0.3) is 0 Å². The van der Waals surface area contributed by atoms with Gasteiger partial charge in [0, 0.05) is 18.3 Å². The second kappa shape index (κ2) is 9.45. The molecule has 3 aromatic rings. The molecule has 1 amide bonds. The van der Waals surface area contributed by atoms with Gasteiger partial charge in [0.25, 0.3) is 5.91 Å². The van der Waals surface area contributed by atoms with Crippen LogP contribution in [0.5, 0.6) is 5.75 Å². The van der Waals surface area contributed by atoms with Gasteiger partial charge in [-0.15, -0.1) is 0 Å². The van der Waals surface area contributed by atoms with Crippen molar-refractivity contribution in [2.75, 3.05) is 12.4 Å². The maximum Gasteiger partial charge on any atom is 0.259 e. The van der Waals surface area contributed by atoms with Gasteiger partial charge in [0.05, 0.1) is 35.6 Å². The summed E-state index contributed by atoms with van der Waals surface area (Å²) in [6.45, 7) is 4.28. The van der Waals surface area contributed by atoms with E-state index in [2.05, 4.69) is 20.7 Å². The number of aromatic nitrogens is 2. The summed E-state index contributed by atoms with van der Waals surface area (Å²) in [5.74, 6) is 0.555. The average molecular weight is 426 g/mol. The van der Waals surface area contributed by atoms with Crippen molar-refractivity contribution < 1.29 is 9.53 Å². The number of nitrogens with zero attached hydrogens (tertiary/aromatic N) is 3. The Balaban J connectivity index is 1.91. The van der Waals surface area contributed by atoms with Crippen molar-refractivity contribution in [3.05, 3.63) is 76.1 Å². The Bertz CT molecular complexity index is 1090. The molecule has 0 unspecified atom stereocenters. The molecular formula is C22H24ClN5O2. The van der Waals surface area contributed by atoms with Crippen LogP contribution in [-0.2, 0) is 13.6 Å². The largest absolute Gasteiger partial charge is 0.495 e. The van der Waals surface area contributed by atoms with Crippen LogP contribution in [-0.4, -0.2) is 28.8 Å². The fourth-order valence-corrected chi connectivity index (χ4v) is 3.23. The van der Waals surface area contributed by atoms with Crippen molar-refractivity contribution in [1.29, 1.82) is 0 Å². The van der Waals surface area contributed by atoms with E-state index in [0.29, 0.717) is 28.6 Å². The van der Waals surface area contributed by atoms with Crippen LogP contribution in [0, 0.1) is 13.8 Å². The maximum absolute atomic E-state index is 12.8. The minimum absolute atomic E-state index is 0.284. The topological polar surface area (TPSA) is 80.5 Å². The molecule has 1 aromatic heterocycles. The molecule has 2 N–H and O–H groups in total. The molecule has 0 radical (unpaired) electrons. The number of aryl methyl sites for hydroxylation is 2. The zero-order chi connectivity index (χ0) is 21.7. The summed E-state index contributed by atoms with van der Waals surface area (Å²) in [6, 6.07) is 14.3. The number of hydrogen-bond donors (Lipinski definition) is 2. The predicted molar refractivity (Wildman–Crippen MR) is 119 cm³/mol. The highest BCUT2D eigenvalue weighted by Gasteiger charge is 2.15. The van der Waals surface area contributed by atoms with Crippen LogP contribution in [0.15, 0.2) is 53.5 Å². The maximum atomic E-state index is 12.8. The molecule has 3 rings (SSSR count). The summed E-state index contributed by atoms with van der Waals surface area (Å²) >= 11 is 6.18. The number of halogens is 1. The fraction of sp³-hybridized carbons (Fsp3) is 0.227. The third-order valence-corrected chi connectivity index (χ3v) is 5.09. The molecule has 0 fully saturated rings. The van der Waals surface area contributed by atoms with E-state index in [-0.39, 0.29) is 11.9 Å². The number of amides is 1. The van der Waals surface area contributed by atoms with Gasteiger partial charge in [0.1, 0.15) is 5.75 Å². The molecule has 30 heavy (non-hydrogen) atoms. The molecule has 8 heteroatoms. The van der Waals surface area contributed by atoms with Gasteiger partial charge in [-0.2, -0.15) is 5.10 Å². The van der Waals surface area contributed by atoms with Gasteiger partial charge in [-0.25, -0.2) is 4.99 Å². The number of methoxy groups -OCH3 is 1. The number of nitrogens with one attached hydrogen (secondary N) is 2. The molecule has 0 aliphatic carbocycles. The van der Waals surface area contributed by atoms with E-state index in [1.165, 1.54) is 0 Å². The zero-order valence-electron chi connectivity index (χ0n) is 17.4. The Morgan fingerprint density at radius 2 is 1.87 bits per heavy atom. The van der Waals surface area contributed by atoms with E-state index in [9.17, 15) is 4.79 Å². The molecule has 2 aromatic carbocycles. The third-order valence-electron chi connectivity index (χ3n) is 4.76. The van der Waals surface area contributed by atoms with Gasteiger partial charge in [-0.05, 0) is 38.1 Å². The van der Waals surface area contributed by atoms with Crippen molar-refractivity contribution in [1.82, 2.24) is 15.1 Å². The lowest BCUT2D eigenvalue weighted by Crippen LogP contribution is -2.36. The molecule has 0 atom stereocenters. The highest BCUT2D eigenvalue weighted by atomic mass is 35.5. The SMILES string of the molecule is COc1ccccc1NC(=NCc1c(C)nn(C)c1C)NC(=O)c1ccccc1Cl. The van der Waals surface area contributed by atoms with Gasteiger partial charge in [0.2, 0.25) is 5.96 Å². The minimum Gasteiger partial charge on any atom is -0.495 e. The smallest absolute Gasteiger partial charge is 0.259 e. The Kier molecular flexibility index (Phi) is 6.74. The number of hydrogen-bond acceptors (Lipinski definition) is 4. The first-order chi connectivity index (χ1) is 14.4. The Hall–Kier alpha value is -3.32. The number of rotatable bonds is 5. The molecule has 156 valence electrons. The fourth-order valence-electron chi connectivity index (χ4n) is 3.01. The molecule has 0 spiro atoms. The number of anilines is 1. The lowest BCUT2D eigenvalue weighted by molar-refractivity contribution is 0.0977. The first kappa shape index (κ1) is 21.4. The van der Waals surface area contributed by atoms with E-state index in [0.717, 1.165) is 17.0 Å². The molecule has 7 nitrogen and oxygen atoms in total. The van der Waals surface area contributed by atoms with Gasteiger partial charge >= 0.3 is 0 Å². The van der Waals surface area contributed by atoms with Crippen LogP contribution >= 0.6 is 11.6 Å². The summed E-state index contributed by atoms with van der Waals surface area (Å²) in [6.07, 6.45) is 0. The monoisotopic (exact) mass is 425 g/mol. The number of aliphatic imine (C=N–C) groups is 1. The predicted octanol–water partition coefficient (Wildman–Crippen LogP) is 4.10. The Labute approximate surface area is 180 Å². The average Bonchev–Trinajstić information content (AvgIpc) is 2.98. The van der Waals surface area contributed by atoms with Crippen LogP contribution in [0.2, 0.25) is 5.02 Å². The lowest BCUT2D eigenvalue weighted by atomic mass is 10.2. The van der Waals surface area contributed by atoms with Gasteiger partial charge < -0.3 is 10.1 Å². The second-order valence-corrected chi connectivity index (χ2v) is 7.10. The summed E-state index contributed by atoms with van der Waals surface area (Å²) in [7, 11) is 3.48. The van der Waals surface area contributed by atoms with Gasteiger partial charge in [-0.1, -0.05) is 35.9 Å². The Morgan fingerprint density at radius 3 is 2.53 bits per heavy atom. The molecule has 0 bridgehead atoms. The minimum atomic E-state index is -0.360. The summed E-state index contributed by atoms with van der Waals surface area (Å²) in [4.78, 5) is 17.4. The van der Waals surface area contributed by atoms with Crippen molar-refractivity contribution in [2.45, 2.75) is 20.4 Å². The highest BCUT2D eigenvalue weighted by Crippen LogP contribution is 2.23. The molecule has 0 saturated heterocycles. The van der Waals surface area contributed by atoms with E-state index in [4.69, 9.17) is 16.3 Å². The number of ether oxygens (including phenoxy) is 1. The molecule has 0 saturated carbocycles. The highest BCUT2D eigenvalue weighted by molar-refractivity contribution is 6.34. The Morgan fingerprint density at radius 1 is 1.17 bits per heavy atom. The van der Waals surface area contributed by atoms with E-state index >= 15 is 0 Å². The molecule has 1 heterocycles. The number of para-hydroxylation sites is 2. The van der Waals surface area contributed by atoms with Crippen molar-refractivity contribution in [2.24, 2.45) is 12.0 Å². The normalized spacial score (nSPS) is 11.3. The first-order valence-electron chi connectivity index (χ1n) is 9.40. The van der Waals surface area contributed by atoms with Gasteiger partial charge in [-0.3, -0.25) is 14.8 Å². The second-order valence-electron chi connectivity index (χ2n) is 6.70. The zero-order valence-corrected chi connectivity index (χ0v) is 18.1. The molecule has 0 aliphatic heterocycles. The summed E-state index contributed by atoms with van der Waals surface area (Å²) in [5.41, 5.74) is 3.96. The third kappa shape index (κ3) is 4.80. The summed E-state index contributed by atoms with van der Waals surface area (Å²) < 4.78 is 7.21. The van der Waals surface area contributed by atoms with E-state index < -0.39 is 0 Å².